The van der Waals surface area contributed by atoms with Gasteiger partial charge in [-0.3, -0.25) is 4.79 Å². The van der Waals surface area contributed by atoms with Gasteiger partial charge >= 0.3 is 0 Å². The van der Waals surface area contributed by atoms with Crippen molar-refractivity contribution in [3.63, 3.8) is 0 Å². The molecule has 0 aliphatic carbocycles. The molecule has 0 bridgehead atoms. The number of phenols is 2. The molecule has 0 radical (unpaired) electrons. The van der Waals surface area contributed by atoms with E-state index in [4.69, 9.17) is 0 Å². The van der Waals surface area contributed by atoms with Crippen LogP contribution in [0.2, 0.25) is 0 Å². The Labute approximate surface area is 99.8 Å². The Morgan fingerprint density at radius 3 is 2.82 bits per heavy atom. The van der Waals surface area contributed by atoms with E-state index in [-0.39, 0.29) is 17.1 Å². The SMILES string of the molecule is CC(C)CC=NNC(=O)c1cc(O)ccc1O. The quantitative estimate of drug-likeness (QED) is 0.424. The smallest absolute Gasteiger partial charge is 0.275 e. The first-order valence-electron chi connectivity index (χ1n) is 5.34. The van der Waals surface area contributed by atoms with Gasteiger partial charge in [0, 0.05) is 6.21 Å². The van der Waals surface area contributed by atoms with E-state index in [9.17, 15) is 15.0 Å². The van der Waals surface area contributed by atoms with Crippen LogP contribution in [0.25, 0.3) is 0 Å². The first-order chi connectivity index (χ1) is 8.00. The maximum Gasteiger partial charge on any atom is 0.275 e. The number of nitrogens with zero attached hydrogens (tertiary/aromatic N) is 1. The number of hydrogen-bond donors (Lipinski definition) is 3. The molecule has 0 aliphatic heterocycles. The third-order valence-corrected chi connectivity index (χ3v) is 2.06. The Bertz CT molecular complexity index is 428. The van der Waals surface area contributed by atoms with E-state index in [1.54, 1.807) is 6.21 Å². The van der Waals surface area contributed by atoms with E-state index < -0.39 is 5.91 Å². The van der Waals surface area contributed by atoms with Crippen molar-refractivity contribution < 1.29 is 15.0 Å². The van der Waals surface area contributed by atoms with Crippen LogP contribution in [0.5, 0.6) is 11.5 Å². The number of phenolic OH excluding ortho intramolecular Hbond substituents is 2. The van der Waals surface area contributed by atoms with Crippen LogP contribution in [0.4, 0.5) is 0 Å². The van der Waals surface area contributed by atoms with Gasteiger partial charge in [0.15, 0.2) is 0 Å². The van der Waals surface area contributed by atoms with Gasteiger partial charge in [-0.05, 0) is 30.5 Å². The summed E-state index contributed by atoms with van der Waals surface area (Å²) < 4.78 is 0. The Morgan fingerprint density at radius 1 is 1.47 bits per heavy atom. The molecule has 1 aromatic carbocycles. The normalized spacial score (nSPS) is 11.0. The number of hydrazone groups is 1. The van der Waals surface area contributed by atoms with Gasteiger partial charge in [-0.25, -0.2) is 5.43 Å². The van der Waals surface area contributed by atoms with Gasteiger partial charge in [-0.2, -0.15) is 5.10 Å². The molecule has 0 saturated carbocycles. The second-order valence-electron chi connectivity index (χ2n) is 4.08. The molecule has 0 aliphatic rings. The van der Waals surface area contributed by atoms with Gasteiger partial charge in [0.05, 0.1) is 5.56 Å². The standard InChI is InChI=1S/C12H16N2O3/c1-8(2)5-6-13-14-12(17)10-7-9(15)3-4-11(10)16/h3-4,6-8,15-16H,5H2,1-2H3,(H,14,17). The van der Waals surface area contributed by atoms with Crippen molar-refractivity contribution in [1.82, 2.24) is 5.43 Å². The number of amides is 1. The van der Waals surface area contributed by atoms with Crippen molar-refractivity contribution in [2.24, 2.45) is 11.0 Å². The Hall–Kier alpha value is -2.04. The van der Waals surface area contributed by atoms with Gasteiger partial charge in [0.25, 0.3) is 5.91 Å². The predicted octanol–water partition coefficient (Wildman–Crippen LogP) is 1.86. The van der Waals surface area contributed by atoms with E-state index >= 15 is 0 Å². The summed E-state index contributed by atoms with van der Waals surface area (Å²) in [5.74, 6) is -0.373. The summed E-state index contributed by atoms with van der Waals surface area (Å²) in [5, 5.41) is 22.4. The molecule has 0 aromatic heterocycles. The Morgan fingerprint density at radius 2 is 2.18 bits per heavy atom. The lowest BCUT2D eigenvalue weighted by Crippen LogP contribution is -2.17. The molecule has 1 aromatic rings. The summed E-state index contributed by atoms with van der Waals surface area (Å²) >= 11 is 0. The van der Waals surface area contributed by atoms with Crippen LogP contribution in [0, 0.1) is 5.92 Å². The molecular formula is C12H16N2O3. The third kappa shape index (κ3) is 4.14. The number of hydrogen-bond acceptors (Lipinski definition) is 4. The summed E-state index contributed by atoms with van der Waals surface area (Å²) in [4.78, 5) is 11.6. The molecule has 1 amide bonds. The monoisotopic (exact) mass is 236 g/mol. The summed E-state index contributed by atoms with van der Waals surface area (Å²) in [6.45, 7) is 4.07. The van der Waals surface area contributed by atoms with Crippen LogP contribution in [0.1, 0.15) is 30.6 Å². The first-order valence-corrected chi connectivity index (χ1v) is 5.34. The minimum absolute atomic E-state index is 0.00769. The average Bonchev–Trinajstić information content (AvgIpc) is 2.27. The van der Waals surface area contributed by atoms with Crippen molar-refractivity contribution >= 4 is 12.1 Å². The summed E-state index contributed by atoms with van der Waals surface area (Å²) in [6, 6.07) is 3.73. The average molecular weight is 236 g/mol. The zero-order valence-electron chi connectivity index (χ0n) is 9.84. The minimum Gasteiger partial charge on any atom is -0.508 e. The van der Waals surface area contributed by atoms with Crippen LogP contribution in [0.3, 0.4) is 0 Å². The summed E-state index contributed by atoms with van der Waals surface area (Å²) in [5.41, 5.74) is 2.27. The summed E-state index contributed by atoms with van der Waals surface area (Å²) in [6.07, 6.45) is 2.36. The number of nitrogens with one attached hydrogen (secondary N) is 1. The minimum atomic E-state index is -0.557. The second kappa shape index (κ2) is 5.89. The van der Waals surface area contributed by atoms with Gasteiger partial charge < -0.3 is 10.2 Å². The van der Waals surface area contributed by atoms with Gasteiger partial charge in [0.2, 0.25) is 0 Å². The van der Waals surface area contributed by atoms with Crippen molar-refractivity contribution in [3.8, 4) is 11.5 Å². The van der Waals surface area contributed by atoms with Gasteiger partial charge in [0.1, 0.15) is 11.5 Å². The molecule has 5 heteroatoms. The molecule has 0 heterocycles. The summed E-state index contributed by atoms with van der Waals surface area (Å²) in [7, 11) is 0. The van der Waals surface area contributed by atoms with Crippen LogP contribution >= 0.6 is 0 Å². The first kappa shape index (κ1) is 13.0. The van der Waals surface area contributed by atoms with Crippen molar-refractivity contribution in [3.05, 3.63) is 23.8 Å². The zero-order valence-corrected chi connectivity index (χ0v) is 9.84. The molecule has 1 rings (SSSR count). The molecule has 5 nitrogen and oxygen atoms in total. The maximum absolute atomic E-state index is 11.6. The third-order valence-electron chi connectivity index (χ3n) is 2.06. The van der Waals surface area contributed by atoms with Crippen molar-refractivity contribution in [2.75, 3.05) is 0 Å². The topological polar surface area (TPSA) is 81.9 Å². The van der Waals surface area contributed by atoms with Crippen molar-refractivity contribution in [2.45, 2.75) is 20.3 Å². The number of benzene rings is 1. The van der Waals surface area contributed by atoms with E-state index in [1.807, 2.05) is 13.8 Å². The fraction of sp³-hybridized carbons (Fsp3) is 0.333. The Kier molecular flexibility index (Phi) is 4.51. The molecule has 0 saturated heterocycles. The highest BCUT2D eigenvalue weighted by Crippen LogP contribution is 2.21. The van der Waals surface area contributed by atoms with E-state index in [0.717, 1.165) is 6.42 Å². The van der Waals surface area contributed by atoms with E-state index in [0.29, 0.717) is 5.92 Å². The maximum atomic E-state index is 11.6. The molecule has 0 unspecified atom stereocenters. The lowest BCUT2D eigenvalue weighted by Gasteiger charge is -2.03. The van der Waals surface area contributed by atoms with Crippen molar-refractivity contribution in [1.29, 1.82) is 0 Å². The van der Waals surface area contributed by atoms with Gasteiger partial charge in [-0.1, -0.05) is 13.8 Å². The highest BCUT2D eigenvalue weighted by atomic mass is 16.3. The van der Waals surface area contributed by atoms with Crippen LogP contribution in [0.15, 0.2) is 23.3 Å². The number of carbonyl (C=O) groups is 1. The van der Waals surface area contributed by atoms with Gasteiger partial charge in [-0.15, -0.1) is 0 Å². The number of carbonyl (C=O) groups excluding carboxylic acids is 1. The molecule has 17 heavy (non-hydrogen) atoms. The van der Waals surface area contributed by atoms with E-state index in [2.05, 4.69) is 10.5 Å². The fourth-order valence-electron chi connectivity index (χ4n) is 1.13. The molecule has 0 fully saturated rings. The molecule has 0 spiro atoms. The lowest BCUT2D eigenvalue weighted by atomic mass is 10.1. The molecule has 3 N–H and O–H groups in total. The second-order valence-corrected chi connectivity index (χ2v) is 4.08. The highest BCUT2D eigenvalue weighted by molar-refractivity contribution is 5.97. The number of rotatable bonds is 4. The predicted molar refractivity (Wildman–Crippen MR) is 65.2 cm³/mol. The Balaban J connectivity index is 2.64. The van der Waals surface area contributed by atoms with Crippen LogP contribution < -0.4 is 5.43 Å². The van der Waals surface area contributed by atoms with Crippen LogP contribution in [-0.2, 0) is 0 Å². The highest BCUT2D eigenvalue weighted by Gasteiger charge is 2.10. The number of aromatic hydroxyl groups is 2. The van der Waals surface area contributed by atoms with Crippen LogP contribution in [-0.4, -0.2) is 22.3 Å². The zero-order chi connectivity index (χ0) is 12.8. The molecular weight excluding hydrogens is 220 g/mol. The molecule has 92 valence electrons. The van der Waals surface area contributed by atoms with E-state index in [1.165, 1.54) is 18.2 Å². The largest absolute Gasteiger partial charge is 0.508 e. The molecule has 0 atom stereocenters. The lowest BCUT2D eigenvalue weighted by molar-refractivity contribution is 0.0952. The fourth-order valence-corrected chi connectivity index (χ4v) is 1.13.